The molecule has 0 heterocycles. The number of carbonyl (C=O) groups is 2. The largest absolute Gasteiger partial charge is 0.508 e. The highest BCUT2D eigenvalue weighted by Gasteiger charge is 1.96. The van der Waals surface area contributed by atoms with Gasteiger partial charge in [-0.1, -0.05) is 6.92 Å². The van der Waals surface area contributed by atoms with Crippen molar-refractivity contribution in [3.05, 3.63) is 0 Å². The van der Waals surface area contributed by atoms with E-state index in [1.807, 2.05) is 6.92 Å². The highest BCUT2D eigenvalue weighted by Crippen LogP contribution is 1.81. The fourth-order valence-electron chi connectivity index (χ4n) is 0.277. The van der Waals surface area contributed by atoms with Crippen molar-refractivity contribution in [3.8, 4) is 0 Å². The fraction of sp³-hybridized carbons (Fsp3) is 0.778. The van der Waals surface area contributed by atoms with Crippen LogP contribution in [0.25, 0.3) is 0 Å². The van der Waals surface area contributed by atoms with E-state index in [0.717, 1.165) is 0 Å². The van der Waals surface area contributed by atoms with Crippen LogP contribution in [0, 0.1) is 0 Å². The maximum atomic E-state index is 10.2. The normalized spacial score (nSPS) is 8.00. The van der Waals surface area contributed by atoms with E-state index in [2.05, 4.69) is 9.47 Å². The molecule has 0 aliphatic rings. The van der Waals surface area contributed by atoms with Crippen molar-refractivity contribution in [1.29, 1.82) is 0 Å². The first-order valence-corrected chi connectivity index (χ1v) is 4.37. The summed E-state index contributed by atoms with van der Waals surface area (Å²) >= 11 is 0. The van der Waals surface area contributed by atoms with Crippen molar-refractivity contribution in [2.24, 2.45) is 0 Å². The van der Waals surface area contributed by atoms with Crippen LogP contribution in [-0.4, -0.2) is 25.2 Å². The topological polar surface area (TPSA) is 52.6 Å². The van der Waals surface area contributed by atoms with Crippen LogP contribution in [0.15, 0.2) is 0 Å². The molecule has 0 radical (unpaired) electrons. The molecule has 13 heavy (non-hydrogen) atoms. The third-order valence-corrected chi connectivity index (χ3v) is 1.02. The molecule has 0 aliphatic heterocycles. The van der Waals surface area contributed by atoms with E-state index in [1.54, 1.807) is 20.8 Å². The summed E-state index contributed by atoms with van der Waals surface area (Å²) in [6.45, 7) is 7.65. The SMILES string of the molecule is CCC(C)=O.CCOC(=O)OCC. The van der Waals surface area contributed by atoms with Crippen molar-refractivity contribution < 1.29 is 19.1 Å². The molecule has 0 aromatic heterocycles. The zero-order valence-electron chi connectivity index (χ0n) is 8.75. The van der Waals surface area contributed by atoms with E-state index in [0.29, 0.717) is 19.6 Å². The number of carbonyl (C=O) groups excluding carboxylic acids is 2. The smallest absolute Gasteiger partial charge is 0.435 e. The summed E-state index contributed by atoms with van der Waals surface area (Å²) in [5.74, 6) is 0.255. The highest BCUT2D eigenvalue weighted by molar-refractivity contribution is 5.74. The van der Waals surface area contributed by atoms with Crippen LogP contribution in [-0.2, 0) is 14.3 Å². The lowest BCUT2D eigenvalue weighted by atomic mass is 10.4. The summed E-state index contributed by atoms with van der Waals surface area (Å²) in [5, 5.41) is 0. The van der Waals surface area contributed by atoms with E-state index in [-0.39, 0.29) is 5.78 Å². The average Bonchev–Trinajstić information content (AvgIpc) is 2.06. The van der Waals surface area contributed by atoms with Crippen molar-refractivity contribution in [2.45, 2.75) is 34.1 Å². The Morgan fingerprint density at radius 2 is 1.31 bits per heavy atom. The standard InChI is InChI=1S/C5H10O3.C4H8O/c1-3-7-5(6)8-4-2;1-3-4(2)5/h3-4H2,1-2H3;3H2,1-2H3. The molecule has 0 rings (SSSR count). The molecular formula is C9H18O4. The van der Waals surface area contributed by atoms with E-state index >= 15 is 0 Å². The Bertz CT molecular complexity index is 135. The summed E-state index contributed by atoms with van der Waals surface area (Å²) in [4.78, 5) is 20.0. The Balaban J connectivity index is 0. The maximum Gasteiger partial charge on any atom is 0.508 e. The molecular weight excluding hydrogens is 172 g/mol. The minimum absolute atomic E-state index is 0.255. The molecule has 0 N–H and O–H groups in total. The summed E-state index contributed by atoms with van der Waals surface area (Å²) in [6.07, 6.45) is 0.0787. The van der Waals surface area contributed by atoms with Gasteiger partial charge >= 0.3 is 6.16 Å². The molecule has 0 amide bonds. The van der Waals surface area contributed by atoms with E-state index in [9.17, 15) is 9.59 Å². The average molecular weight is 190 g/mol. The van der Waals surface area contributed by atoms with Gasteiger partial charge in [0.1, 0.15) is 5.78 Å². The third kappa shape index (κ3) is 18.2. The van der Waals surface area contributed by atoms with Crippen LogP contribution < -0.4 is 0 Å². The maximum absolute atomic E-state index is 10.2. The van der Waals surface area contributed by atoms with Gasteiger partial charge in [0.25, 0.3) is 0 Å². The highest BCUT2D eigenvalue weighted by atomic mass is 16.7. The minimum Gasteiger partial charge on any atom is -0.435 e. The van der Waals surface area contributed by atoms with Crippen LogP contribution in [0.3, 0.4) is 0 Å². The second-order valence-electron chi connectivity index (χ2n) is 2.17. The van der Waals surface area contributed by atoms with Gasteiger partial charge in [-0.2, -0.15) is 0 Å². The van der Waals surface area contributed by atoms with E-state index in [4.69, 9.17) is 0 Å². The molecule has 0 atom stereocenters. The third-order valence-electron chi connectivity index (χ3n) is 1.02. The Hall–Kier alpha value is -1.06. The monoisotopic (exact) mass is 190 g/mol. The van der Waals surface area contributed by atoms with Crippen LogP contribution in [0.1, 0.15) is 34.1 Å². The Labute approximate surface area is 79.2 Å². The lowest BCUT2D eigenvalue weighted by Gasteiger charge is -1.98. The van der Waals surface area contributed by atoms with Gasteiger partial charge < -0.3 is 14.3 Å². The Morgan fingerprint density at radius 1 is 1.00 bits per heavy atom. The van der Waals surface area contributed by atoms with Crippen molar-refractivity contribution in [3.63, 3.8) is 0 Å². The first-order valence-electron chi connectivity index (χ1n) is 4.37. The van der Waals surface area contributed by atoms with E-state index < -0.39 is 6.16 Å². The molecule has 0 unspecified atom stereocenters. The van der Waals surface area contributed by atoms with Gasteiger partial charge in [-0.05, 0) is 20.8 Å². The number of hydrogen-bond acceptors (Lipinski definition) is 4. The van der Waals surface area contributed by atoms with Crippen molar-refractivity contribution in [1.82, 2.24) is 0 Å². The molecule has 0 fully saturated rings. The molecule has 0 saturated heterocycles. The second-order valence-corrected chi connectivity index (χ2v) is 2.17. The molecule has 0 saturated carbocycles. The van der Waals surface area contributed by atoms with Gasteiger partial charge in [-0.3, -0.25) is 0 Å². The van der Waals surface area contributed by atoms with Gasteiger partial charge in [-0.25, -0.2) is 4.79 Å². The van der Waals surface area contributed by atoms with Crippen LogP contribution in [0.2, 0.25) is 0 Å². The van der Waals surface area contributed by atoms with Gasteiger partial charge in [-0.15, -0.1) is 0 Å². The van der Waals surface area contributed by atoms with Crippen LogP contribution >= 0.6 is 0 Å². The van der Waals surface area contributed by atoms with E-state index in [1.165, 1.54) is 0 Å². The molecule has 0 spiro atoms. The number of ketones is 1. The number of hydrogen-bond donors (Lipinski definition) is 0. The van der Waals surface area contributed by atoms with Crippen molar-refractivity contribution >= 4 is 11.9 Å². The first-order chi connectivity index (χ1) is 6.08. The molecule has 4 heteroatoms. The molecule has 0 aliphatic carbocycles. The molecule has 0 aromatic carbocycles. The minimum atomic E-state index is -0.588. The zero-order chi connectivity index (χ0) is 10.7. The first kappa shape index (κ1) is 14.5. The van der Waals surface area contributed by atoms with Gasteiger partial charge in [0.2, 0.25) is 0 Å². The van der Waals surface area contributed by atoms with Crippen LogP contribution in [0.5, 0.6) is 0 Å². The molecule has 0 aromatic rings. The molecule has 78 valence electrons. The second kappa shape index (κ2) is 10.9. The molecule has 0 bridgehead atoms. The molecule has 4 nitrogen and oxygen atoms in total. The summed E-state index contributed by atoms with van der Waals surface area (Å²) in [5.41, 5.74) is 0. The van der Waals surface area contributed by atoms with Gasteiger partial charge in [0.05, 0.1) is 13.2 Å². The lowest BCUT2D eigenvalue weighted by Crippen LogP contribution is -2.05. The van der Waals surface area contributed by atoms with Crippen LogP contribution in [0.4, 0.5) is 4.79 Å². The quantitative estimate of drug-likeness (QED) is 0.640. The fourth-order valence-corrected chi connectivity index (χ4v) is 0.277. The predicted octanol–water partition coefficient (Wildman–Crippen LogP) is 2.16. The zero-order valence-corrected chi connectivity index (χ0v) is 8.75. The summed E-state index contributed by atoms with van der Waals surface area (Å²) in [7, 11) is 0. The summed E-state index contributed by atoms with van der Waals surface area (Å²) < 4.78 is 8.84. The Kier molecular flexibility index (Phi) is 12.2. The number of ether oxygens (including phenoxy) is 2. The summed E-state index contributed by atoms with van der Waals surface area (Å²) in [6, 6.07) is 0. The number of rotatable bonds is 3. The predicted molar refractivity (Wildman–Crippen MR) is 49.6 cm³/mol. The van der Waals surface area contributed by atoms with Crippen molar-refractivity contribution in [2.75, 3.05) is 13.2 Å². The van der Waals surface area contributed by atoms with Gasteiger partial charge in [0, 0.05) is 6.42 Å². The van der Waals surface area contributed by atoms with Gasteiger partial charge in [0.15, 0.2) is 0 Å². The number of Topliss-reactive ketones (excluding diaryl/α,β-unsaturated/α-hetero) is 1. The lowest BCUT2D eigenvalue weighted by molar-refractivity contribution is -0.116. The Morgan fingerprint density at radius 3 is 1.46 bits per heavy atom.